The lowest BCUT2D eigenvalue weighted by molar-refractivity contribution is -0.141. The number of carbonyl (C=O) groups excluding carboxylic acids is 2. The van der Waals surface area contributed by atoms with Gasteiger partial charge in [0.25, 0.3) is 0 Å². The zero-order valence-corrected chi connectivity index (χ0v) is 21.2. The second kappa shape index (κ2) is 13.5. The molecular formula is C31H38N2O2. The third kappa shape index (κ3) is 8.10. The van der Waals surface area contributed by atoms with Crippen LogP contribution in [0.3, 0.4) is 0 Å². The first-order valence-corrected chi connectivity index (χ1v) is 12.7. The monoisotopic (exact) mass is 470 g/mol. The van der Waals surface area contributed by atoms with E-state index in [1.807, 2.05) is 67.6 Å². The highest BCUT2D eigenvalue weighted by Gasteiger charge is 2.30. The van der Waals surface area contributed by atoms with Crippen molar-refractivity contribution in [3.8, 4) is 0 Å². The molecule has 0 fully saturated rings. The van der Waals surface area contributed by atoms with Gasteiger partial charge in [-0.15, -0.1) is 0 Å². The van der Waals surface area contributed by atoms with E-state index in [9.17, 15) is 9.59 Å². The van der Waals surface area contributed by atoms with Crippen molar-refractivity contribution in [1.82, 2.24) is 10.2 Å². The van der Waals surface area contributed by atoms with Gasteiger partial charge in [-0.05, 0) is 41.0 Å². The number of hydrogen-bond donors (Lipinski definition) is 1. The van der Waals surface area contributed by atoms with E-state index >= 15 is 0 Å². The molecular weight excluding hydrogens is 432 g/mol. The van der Waals surface area contributed by atoms with Crippen LogP contribution in [0.25, 0.3) is 0 Å². The summed E-state index contributed by atoms with van der Waals surface area (Å²) in [5, 5.41) is 3.03. The van der Waals surface area contributed by atoms with Gasteiger partial charge in [0.1, 0.15) is 6.04 Å². The molecule has 184 valence electrons. The molecule has 0 aromatic heterocycles. The molecule has 0 aliphatic carbocycles. The summed E-state index contributed by atoms with van der Waals surface area (Å²) in [6.07, 6.45) is 2.35. The normalized spacial score (nSPS) is 11.8. The van der Waals surface area contributed by atoms with Gasteiger partial charge in [0.15, 0.2) is 0 Å². The topological polar surface area (TPSA) is 49.4 Å². The molecule has 0 radical (unpaired) electrons. The van der Waals surface area contributed by atoms with Crippen LogP contribution in [0, 0.1) is 0 Å². The quantitative estimate of drug-likeness (QED) is 0.358. The Hall–Kier alpha value is -3.40. The van der Waals surface area contributed by atoms with Crippen LogP contribution in [0.1, 0.15) is 61.8 Å². The van der Waals surface area contributed by atoms with Crippen molar-refractivity contribution in [2.45, 2.75) is 65.0 Å². The molecule has 1 N–H and O–H groups in total. The Morgan fingerprint density at radius 1 is 0.800 bits per heavy atom. The molecule has 3 aromatic rings. The lowest BCUT2D eigenvalue weighted by Crippen LogP contribution is -2.50. The number of aryl methyl sites for hydroxylation is 1. The van der Waals surface area contributed by atoms with E-state index in [0.29, 0.717) is 38.3 Å². The number of hydrogen-bond acceptors (Lipinski definition) is 2. The summed E-state index contributed by atoms with van der Waals surface area (Å²) in [6, 6.07) is 27.8. The molecule has 4 nitrogen and oxygen atoms in total. The van der Waals surface area contributed by atoms with Crippen molar-refractivity contribution in [2.24, 2.45) is 0 Å². The van der Waals surface area contributed by atoms with Crippen LogP contribution in [0.15, 0.2) is 84.9 Å². The van der Waals surface area contributed by atoms with Gasteiger partial charge in [0, 0.05) is 25.9 Å². The zero-order valence-electron chi connectivity index (χ0n) is 21.2. The molecule has 0 aliphatic heterocycles. The number of nitrogens with zero attached hydrogens (tertiary/aromatic N) is 1. The maximum absolute atomic E-state index is 13.7. The lowest BCUT2D eigenvalue weighted by atomic mass is 9.99. The largest absolute Gasteiger partial charge is 0.354 e. The Morgan fingerprint density at radius 3 is 1.97 bits per heavy atom. The van der Waals surface area contributed by atoms with Gasteiger partial charge in [-0.25, -0.2) is 0 Å². The van der Waals surface area contributed by atoms with E-state index in [0.717, 1.165) is 23.1 Å². The average molecular weight is 471 g/mol. The second-order valence-corrected chi connectivity index (χ2v) is 9.40. The molecule has 0 aliphatic rings. The third-order valence-electron chi connectivity index (χ3n) is 6.29. The summed E-state index contributed by atoms with van der Waals surface area (Å²) < 4.78 is 0. The molecule has 0 bridgehead atoms. The van der Waals surface area contributed by atoms with Crippen LogP contribution in [-0.4, -0.2) is 29.3 Å². The number of benzene rings is 3. The van der Waals surface area contributed by atoms with E-state index < -0.39 is 6.04 Å². The zero-order chi connectivity index (χ0) is 25.0. The maximum atomic E-state index is 13.7. The minimum absolute atomic E-state index is 0.00521. The van der Waals surface area contributed by atoms with Gasteiger partial charge >= 0.3 is 0 Å². The van der Waals surface area contributed by atoms with Crippen LogP contribution in [0.5, 0.6) is 0 Å². The number of amides is 2. The first kappa shape index (κ1) is 26.2. The van der Waals surface area contributed by atoms with Gasteiger partial charge in [0.05, 0.1) is 0 Å². The summed E-state index contributed by atoms with van der Waals surface area (Å²) in [5.74, 6) is 0.378. The van der Waals surface area contributed by atoms with Crippen molar-refractivity contribution in [3.05, 3.63) is 107 Å². The fourth-order valence-electron chi connectivity index (χ4n) is 4.16. The summed E-state index contributed by atoms with van der Waals surface area (Å²) >= 11 is 0. The van der Waals surface area contributed by atoms with Crippen LogP contribution in [0.2, 0.25) is 0 Å². The molecule has 4 heteroatoms. The van der Waals surface area contributed by atoms with E-state index in [1.54, 1.807) is 4.90 Å². The fourth-order valence-corrected chi connectivity index (χ4v) is 4.16. The van der Waals surface area contributed by atoms with Crippen molar-refractivity contribution < 1.29 is 9.59 Å². The number of rotatable bonds is 12. The van der Waals surface area contributed by atoms with E-state index in [1.165, 1.54) is 5.56 Å². The van der Waals surface area contributed by atoms with Gasteiger partial charge < -0.3 is 10.2 Å². The minimum atomic E-state index is -0.569. The Kier molecular flexibility index (Phi) is 10.1. The minimum Gasteiger partial charge on any atom is -0.354 e. The molecule has 0 heterocycles. The van der Waals surface area contributed by atoms with E-state index in [4.69, 9.17) is 0 Å². The Balaban J connectivity index is 1.83. The van der Waals surface area contributed by atoms with Gasteiger partial charge in [-0.3, -0.25) is 9.59 Å². The van der Waals surface area contributed by atoms with Crippen molar-refractivity contribution in [1.29, 1.82) is 0 Å². The highest BCUT2D eigenvalue weighted by atomic mass is 16.2. The highest BCUT2D eigenvalue weighted by Crippen LogP contribution is 2.19. The highest BCUT2D eigenvalue weighted by molar-refractivity contribution is 5.88. The molecule has 35 heavy (non-hydrogen) atoms. The van der Waals surface area contributed by atoms with Gasteiger partial charge in [-0.2, -0.15) is 0 Å². The summed E-state index contributed by atoms with van der Waals surface area (Å²) in [5.41, 5.74) is 4.49. The molecule has 0 spiro atoms. The van der Waals surface area contributed by atoms with Crippen molar-refractivity contribution >= 4 is 11.8 Å². The smallest absolute Gasteiger partial charge is 0.243 e. The predicted molar refractivity (Wildman–Crippen MR) is 143 cm³/mol. The van der Waals surface area contributed by atoms with Crippen LogP contribution < -0.4 is 5.32 Å². The standard InChI is InChI=1S/C31H38N2O2/c1-4-21-32-31(35)29(22-26-11-7-5-8-12-26)33(23-27-13-9-6-10-14-27)30(34)20-17-25-15-18-28(19-16-25)24(2)3/h5-16,18-19,24,29H,4,17,20-23H2,1-3H3,(H,32,35)/t29-/m1/s1. The van der Waals surface area contributed by atoms with Crippen LogP contribution in [-0.2, 0) is 29.0 Å². The first-order valence-electron chi connectivity index (χ1n) is 12.7. The van der Waals surface area contributed by atoms with Crippen LogP contribution in [0.4, 0.5) is 0 Å². The average Bonchev–Trinajstić information content (AvgIpc) is 2.89. The SMILES string of the molecule is CCCNC(=O)[C@@H](Cc1ccccc1)N(Cc1ccccc1)C(=O)CCc1ccc(C(C)C)cc1. The molecule has 3 rings (SSSR count). The molecule has 0 saturated carbocycles. The summed E-state index contributed by atoms with van der Waals surface area (Å²) in [7, 11) is 0. The van der Waals surface area contributed by atoms with Crippen LogP contribution >= 0.6 is 0 Å². The maximum Gasteiger partial charge on any atom is 0.243 e. The van der Waals surface area contributed by atoms with Crippen molar-refractivity contribution in [3.63, 3.8) is 0 Å². The van der Waals surface area contributed by atoms with E-state index in [-0.39, 0.29) is 11.8 Å². The van der Waals surface area contributed by atoms with Gasteiger partial charge in [0.2, 0.25) is 11.8 Å². The molecule has 0 unspecified atom stereocenters. The second-order valence-electron chi connectivity index (χ2n) is 9.40. The van der Waals surface area contributed by atoms with Crippen molar-refractivity contribution in [2.75, 3.05) is 6.54 Å². The number of carbonyl (C=O) groups is 2. The Labute approximate surface area is 210 Å². The molecule has 1 atom stereocenters. The summed E-state index contributed by atoms with van der Waals surface area (Å²) in [6.45, 7) is 7.39. The Bertz CT molecular complexity index is 1050. The third-order valence-corrected chi connectivity index (χ3v) is 6.29. The predicted octanol–water partition coefficient (Wildman–Crippen LogP) is 5.91. The first-order chi connectivity index (χ1) is 17.0. The van der Waals surface area contributed by atoms with Gasteiger partial charge in [-0.1, -0.05) is 106 Å². The molecule has 3 aromatic carbocycles. The van der Waals surface area contributed by atoms with E-state index in [2.05, 4.69) is 43.4 Å². The Morgan fingerprint density at radius 2 is 1.40 bits per heavy atom. The lowest BCUT2D eigenvalue weighted by Gasteiger charge is -2.31. The molecule has 2 amide bonds. The molecule has 0 saturated heterocycles. The summed E-state index contributed by atoms with van der Waals surface area (Å²) in [4.78, 5) is 28.7. The number of nitrogens with one attached hydrogen (secondary N) is 1. The fraction of sp³-hybridized carbons (Fsp3) is 0.355.